The van der Waals surface area contributed by atoms with Crippen molar-refractivity contribution in [3.05, 3.63) is 36.3 Å². The van der Waals surface area contributed by atoms with Crippen LogP contribution in [0.5, 0.6) is 0 Å². The third kappa shape index (κ3) is 3.71. The van der Waals surface area contributed by atoms with E-state index in [0.717, 1.165) is 32.0 Å². The Morgan fingerprint density at radius 1 is 1.35 bits per heavy atom. The van der Waals surface area contributed by atoms with E-state index in [9.17, 15) is 4.79 Å². The van der Waals surface area contributed by atoms with E-state index in [1.807, 2.05) is 28.8 Å². The highest BCUT2D eigenvalue weighted by Crippen LogP contribution is 2.12. The van der Waals surface area contributed by atoms with Gasteiger partial charge in [-0.3, -0.25) is 9.69 Å². The fraction of sp³-hybridized carbons (Fsp3) is 0.529. The zero-order valence-corrected chi connectivity index (χ0v) is 13.7. The lowest BCUT2D eigenvalue weighted by molar-refractivity contribution is 0.00671. The summed E-state index contributed by atoms with van der Waals surface area (Å²) in [5, 5.41) is 3.04. The van der Waals surface area contributed by atoms with E-state index in [-0.39, 0.29) is 5.91 Å². The molecule has 0 aromatic carbocycles. The molecule has 2 aromatic rings. The maximum atomic E-state index is 12.4. The van der Waals surface area contributed by atoms with Crippen LogP contribution in [-0.2, 0) is 4.74 Å². The van der Waals surface area contributed by atoms with Crippen molar-refractivity contribution in [2.45, 2.75) is 19.9 Å². The van der Waals surface area contributed by atoms with Gasteiger partial charge in [-0.2, -0.15) is 0 Å². The van der Waals surface area contributed by atoms with Crippen molar-refractivity contribution in [1.29, 1.82) is 0 Å². The van der Waals surface area contributed by atoms with Gasteiger partial charge in [-0.25, -0.2) is 4.98 Å². The summed E-state index contributed by atoms with van der Waals surface area (Å²) in [5.74, 6) is 0.349. The first-order valence-electron chi connectivity index (χ1n) is 8.19. The molecule has 0 saturated carbocycles. The average molecular weight is 316 g/mol. The highest BCUT2D eigenvalue weighted by Gasteiger charge is 2.24. The number of aromatic nitrogens is 2. The molecule has 6 heteroatoms. The summed E-state index contributed by atoms with van der Waals surface area (Å²) in [7, 11) is 0. The van der Waals surface area contributed by atoms with Gasteiger partial charge >= 0.3 is 0 Å². The zero-order chi connectivity index (χ0) is 16.2. The Hall–Kier alpha value is -1.92. The van der Waals surface area contributed by atoms with Crippen molar-refractivity contribution in [3.8, 4) is 0 Å². The van der Waals surface area contributed by atoms with Crippen LogP contribution in [0.3, 0.4) is 0 Å². The molecule has 3 heterocycles. The van der Waals surface area contributed by atoms with Gasteiger partial charge in [-0.05, 0) is 18.1 Å². The largest absolute Gasteiger partial charge is 0.379 e. The number of amides is 1. The average Bonchev–Trinajstić information content (AvgIpc) is 2.99. The number of imidazole rings is 1. The molecule has 124 valence electrons. The number of pyridine rings is 1. The molecule has 23 heavy (non-hydrogen) atoms. The van der Waals surface area contributed by atoms with Crippen LogP contribution < -0.4 is 5.32 Å². The lowest BCUT2D eigenvalue weighted by Crippen LogP contribution is -2.51. The molecule has 3 rings (SSSR count). The summed E-state index contributed by atoms with van der Waals surface area (Å²) >= 11 is 0. The fourth-order valence-electron chi connectivity index (χ4n) is 3.03. The van der Waals surface area contributed by atoms with E-state index < -0.39 is 0 Å². The minimum atomic E-state index is -0.118. The number of fused-ring (bicyclic) bond motifs is 1. The quantitative estimate of drug-likeness (QED) is 0.906. The van der Waals surface area contributed by atoms with E-state index in [4.69, 9.17) is 4.74 Å². The second kappa shape index (κ2) is 7.10. The number of nitrogens with one attached hydrogen (secondary N) is 1. The van der Waals surface area contributed by atoms with E-state index in [0.29, 0.717) is 24.2 Å². The smallest absolute Gasteiger partial charge is 0.271 e. The van der Waals surface area contributed by atoms with E-state index >= 15 is 0 Å². The van der Waals surface area contributed by atoms with Gasteiger partial charge in [0.1, 0.15) is 11.3 Å². The molecule has 1 aliphatic rings. The number of carbonyl (C=O) groups is 1. The predicted octanol–water partition coefficient (Wildman–Crippen LogP) is 1.42. The van der Waals surface area contributed by atoms with Gasteiger partial charge in [-0.15, -0.1) is 0 Å². The summed E-state index contributed by atoms with van der Waals surface area (Å²) in [6, 6.07) is 6.04. The number of nitrogens with zero attached hydrogens (tertiary/aromatic N) is 3. The Morgan fingerprint density at radius 3 is 2.83 bits per heavy atom. The summed E-state index contributed by atoms with van der Waals surface area (Å²) in [6.07, 6.45) is 3.66. The van der Waals surface area contributed by atoms with Gasteiger partial charge < -0.3 is 14.5 Å². The first-order chi connectivity index (χ1) is 11.1. The molecule has 1 saturated heterocycles. The standard InChI is InChI=1S/C17H24N4O2/c1-13(2)15(20-7-9-23-10-8-20)11-18-17(22)14-12-21-6-4-3-5-16(21)19-14/h3-6,12-13,15H,7-11H2,1-2H3,(H,18,22)/t15-/m1/s1. The molecule has 0 spiro atoms. The minimum absolute atomic E-state index is 0.118. The van der Waals surface area contributed by atoms with Gasteiger partial charge in [-0.1, -0.05) is 19.9 Å². The Kier molecular flexibility index (Phi) is 4.93. The van der Waals surface area contributed by atoms with Crippen molar-refractivity contribution in [2.24, 2.45) is 5.92 Å². The molecule has 6 nitrogen and oxygen atoms in total. The van der Waals surface area contributed by atoms with Crippen LogP contribution in [0.25, 0.3) is 5.65 Å². The SMILES string of the molecule is CC(C)[C@@H](CNC(=O)c1cn2ccccc2n1)N1CCOCC1. The second-order valence-corrected chi connectivity index (χ2v) is 6.26. The third-order valence-electron chi connectivity index (χ3n) is 4.35. The van der Waals surface area contributed by atoms with Crippen LogP contribution in [0, 0.1) is 5.92 Å². The molecule has 1 atom stereocenters. The number of morpholine rings is 1. The molecule has 1 amide bonds. The molecule has 0 radical (unpaired) electrons. The molecule has 0 unspecified atom stereocenters. The Morgan fingerprint density at radius 2 is 2.13 bits per heavy atom. The van der Waals surface area contributed by atoms with Crippen molar-refractivity contribution in [2.75, 3.05) is 32.8 Å². The Labute approximate surface area is 136 Å². The van der Waals surface area contributed by atoms with Crippen LogP contribution in [0.15, 0.2) is 30.6 Å². The predicted molar refractivity (Wildman–Crippen MR) is 88.5 cm³/mol. The maximum Gasteiger partial charge on any atom is 0.271 e. The van der Waals surface area contributed by atoms with E-state index in [1.165, 1.54) is 0 Å². The van der Waals surface area contributed by atoms with Crippen molar-refractivity contribution in [3.63, 3.8) is 0 Å². The second-order valence-electron chi connectivity index (χ2n) is 6.26. The summed E-state index contributed by atoms with van der Waals surface area (Å²) in [5.41, 5.74) is 1.24. The molecular weight excluding hydrogens is 292 g/mol. The van der Waals surface area contributed by atoms with Crippen LogP contribution in [0.1, 0.15) is 24.3 Å². The van der Waals surface area contributed by atoms with Gasteiger partial charge in [0.05, 0.1) is 13.2 Å². The van der Waals surface area contributed by atoms with Crippen LogP contribution in [-0.4, -0.2) is 59.1 Å². The number of rotatable bonds is 5. The molecule has 1 aliphatic heterocycles. The Balaban J connectivity index is 1.64. The first kappa shape index (κ1) is 16.0. The molecule has 2 aromatic heterocycles. The van der Waals surface area contributed by atoms with Gasteiger partial charge in [0.25, 0.3) is 5.91 Å². The van der Waals surface area contributed by atoms with Crippen molar-refractivity contribution < 1.29 is 9.53 Å². The van der Waals surface area contributed by atoms with Crippen LogP contribution >= 0.6 is 0 Å². The van der Waals surface area contributed by atoms with Crippen LogP contribution in [0.4, 0.5) is 0 Å². The first-order valence-corrected chi connectivity index (χ1v) is 8.19. The molecule has 0 bridgehead atoms. The lowest BCUT2D eigenvalue weighted by Gasteiger charge is -2.36. The van der Waals surface area contributed by atoms with Crippen LogP contribution in [0.2, 0.25) is 0 Å². The zero-order valence-electron chi connectivity index (χ0n) is 13.7. The van der Waals surface area contributed by atoms with Crippen molar-refractivity contribution >= 4 is 11.6 Å². The summed E-state index contributed by atoms with van der Waals surface area (Å²) < 4.78 is 7.27. The highest BCUT2D eigenvalue weighted by molar-refractivity contribution is 5.92. The minimum Gasteiger partial charge on any atom is -0.379 e. The number of carbonyl (C=O) groups excluding carboxylic acids is 1. The van der Waals surface area contributed by atoms with Gasteiger partial charge in [0.15, 0.2) is 0 Å². The number of hydrogen-bond acceptors (Lipinski definition) is 4. The fourth-order valence-corrected chi connectivity index (χ4v) is 3.03. The normalized spacial score (nSPS) is 17.5. The number of hydrogen-bond donors (Lipinski definition) is 1. The lowest BCUT2D eigenvalue weighted by atomic mass is 10.0. The molecule has 1 N–H and O–H groups in total. The van der Waals surface area contributed by atoms with Gasteiger partial charge in [0, 0.05) is 38.1 Å². The number of ether oxygens (including phenoxy) is 1. The maximum absolute atomic E-state index is 12.4. The highest BCUT2D eigenvalue weighted by atomic mass is 16.5. The van der Waals surface area contributed by atoms with E-state index in [2.05, 4.69) is 29.0 Å². The summed E-state index contributed by atoms with van der Waals surface area (Å²) in [6.45, 7) is 8.39. The van der Waals surface area contributed by atoms with E-state index in [1.54, 1.807) is 6.20 Å². The third-order valence-corrected chi connectivity index (χ3v) is 4.35. The Bertz CT molecular complexity index is 628. The molecule has 1 fully saturated rings. The monoisotopic (exact) mass is 316 g/mol. The molecular formula is C17H24N4O2. The topological polar surface area (TPSA) is 58.9 Å². The molecule has 0 aliphatic carbocycles. The van der Waals surface area contributed by atoms with Crippen molar-refractivity contribution in [1.82, 2.24) is 19.6 Å². The summed E-state index contributed by atoms with van der Waals surface area (Å²) in [4.78, 5) is 19.2. The van der Waals surface area contributed by atoms with Gasteiger partial charge in [0.2, 0.25) is 0 Å².